The van der Waals surface area contributed by atoms with Gasteiger partial charge < -0.3 is 15.5 Å². The molecule has 0 bridgehead atoms. The van der Waals surface area contributed by atoms with Gasteiger partial charge in [0.25, 0.3) is 0 Å². The lowest BCUT2D eigenvalue weighted by Gasteiger charge is -2.39. The first kappa shape index (κ1) is 13.4. The third-order valence-corrected chi connectivity index (χ3v) is 4.51. The van der Waals surface area contributed by atoms with Gasteiger partial charge >= 0.3 is 0 Å². The molecule has 0 spiro atoms. The number of amides is 1. The summed E-state index contributed by atoms with van der Waals surface area (Å²) in [5, 5.41) is 6.43. The quantitative estimate of drug-likeness (QED) is 0.864. The highest BCUT2D eigenvalue weighted by Crippen LogP contribution is 2.35. The number of carbonyl (C=O) groups excluding carboxylic acids is 1. The fourth-order valence-corrected chi connectivity index (χ4v) is 3.43. The van der Waals surface area contributed by atoms with Crippen LogP contribution in [0.5, 0.6) is 0 Å². The summed E-state index contributed by atoms with van der Waals surface area (Å²) in [6, 6.07) is 8.87. The van der Waals surface area contributed by atoms with Gasteiger partial charge in [-0.05, 0) is 44.4 Å². The Hall–Kier alpha value is -1.55. The van der Waals surface area contributed by atoms with Gasteiger partial charge in [-0.2, -0.15) is 0 Å². The average Bonchev–Trinajstić information content (AvgIpc) is 2.71. The first-order valence-corrected chi connectivity index (χ1v) is 7.62. The van der Waals surface area contributed by atoms with Gasteiger partial charge in [0.15, 0.2) is 0 Å². The number of nitrogens with zero attached hydrogens (tertiary/aromatic N) is 1. The lowest BCUT2D eigenvalue weighted by molar-refractivity contribution is -0.122. The van der Waals surface area contributed by atoms with Crippen LogP contribution in [0.4, 0.5) is 5.69 Å². The Balaban J connectivity index is 1.92. The summed E-state index contributed by atoms with van der Waals surface area (Å²) >= 11 is 0. The van der Waals surface area contributed by atoms with Crippen LogP contribution >= 0.6 is 0 Å². The first-order valence-electron chi connectivity index (χ1n) is 7.62. The van der Waals surface area contributed by atoms with E-state index in [1.807, 2.05) is 7.05 Å². The summed E-state index contributed by atoms with van der Waals surface area (Å²) < 4.78 is 0. The number of rotatable bonds is 2. The van der Waals surface area contributed by atoms with E-state index in [1.165, 1.54) is 11.3 Å². The molecule has 4 nitrogen and oxygen atoms in total. The second-order valence-electron chi connectivity index (χ2n) is 5.68. The fourth-order valence-electron chi connectivity index (χ4n) is 3.43. The summed E-state index contributed by atoms with van der Waals surface area (Å²) in [7, 11) is 2.01. The number of hydrogen-bond acceptors (Lipinski definition) is 3. The Labute approximate surface area is 120 Å². The van der Waals surface area contributed by atoms with Crippen LogP contribution < -0.4 is 15.5 Å². The molecule has 1 saturated heterocycles. The van der Waals surface area contributed by atoms with Crippen molar-refractivity contribution in [2.75, 3.05) is 25.0 Å². The van der Waals surface area contributed by atoms with Crippen LogP contribution in [0.25, 0.3) is 0 Å². The highest BCUT2D eigenvalue weighted by Gasteiger charge is 2.32. The van der Waals surface area contributed by atoms with E-state index in [0.29, 0.717) is 6.04 Å². The predicted octanol–water partition coefficient (Wildman–Crippen LogP) is 1.83. The zero-order valence-electron chi connectivity index (χ0n) is 12.1. The van der Waals surface area contributed by atoms with Crippen LogP contribution in [-0.4, -0.2) is 32.1 Å². The highest BCUT2D eigenvalue weighted by molar-refractivity contribution is 5.86. The highest BCUT2D eigenvalue weighted by atomic mass is 16.2. The zero-order valence-corrected chi connectivity index (χ0v) is 12.1. The molecule has 0 aliphatic carbocycles. The molecular weight excluding hydrogens is 250 g/mol. The van der Waals surface area contributed by atoms with Crippen LogP contribution in [0.1, 0.15) is 37.3 Å². The maximum Gasteiger partial charge on any atom is 0.242 e. The van der Waals surface area contributed by atoms with Gasteiger partial charge in [0.05, 0.1) is 0 Å². The largest absolute Gasteiger partial charge is 0.359 e. The molecule has 1 aromatic carbocycles. The van der Waals surface area contributed by atoms with Gasteiger partial charge in [0.1, 0.15) is 6.04 Å². The molecule has 1 aromatic rings. The maximum atomic E-state index is 12.3. The van der Waals surface area contributed by atoms with Crippen molar-refractivity contribution in [1.82, 2.24) is 10.6 Å². The summed E-state index contributed by atoms with van der Waals surface area (Å²) in [5.74, 6) is 0.195. The Kier molecular flexibility index (Phi) is 3.92. The Morgan fingerprint density at radius 1 is 1.25 bits per heavy atom. The molecule has 0 aromatic heterocycles. The third kappa shape index (κ3) is 2.40. The lowest BCUT2D eigenvalue weighted by Crippen LogP contribution is -2.49. The number of anilines is 1. The second kappa shape index (κ2) is 5.83. The smallest absolute Gasteiger partial charge is 0.242 e. The minimum absolute atomic E-state index is 0.00328. The molecule has 2 unspecified atom stereocenters. The van der Waals surface area contributed by atoms with Gasteiger partial charge in [-0.15, -0.1) is 0 Å². The summed E-state index contributed by atoms with van der Waals surface area (Å²) in [6.45, 7) is 1.77. The van der Waals surface area contributed by atoms with Crippen molar-refractivity contribution in [2.45, 2.75) is 37.8 Å². The number of fused-ring (bicyclic) bond motifs is 1. The molecule has 2 N–H and O–H groups in total. The molecule has 1 fully saturated rings. The van der Waals surface area contributed by atoms with E-state index in [2.05, 4.69) is 39.8 Å². The van der Waals surface area contributed by atoms with Crippen LogP contribution in [0.2, 0.25) is 0 Å². The molecule has 0 radical (unpaired) electrons. The molecule has 4 heteroatoms. The molecule has 3 rings (SSSR count). The van der Waals surface area contributed by atoms with E-state index in [-0.39, 0.29) is 11.9 Å². The maximum absolute atomic E-state index is 12.3. The molecule has 1 amide bonds. The van der Waals surface area contributed by atoms with E-state index < -0.39 is 0 Å². The second-order valence-corrected chi connectivity index (χ2v) is 5.68. The summed E-state index contributed by atoms with van der Waals surface area (Å²) in [6.07, 6.45) is 4.23. The van der Waals surface area contributed by atoms with Crippen molar-refractivity contribution in [3.05, 3.63) is 29.8 Å². The minimum Gasteiger partial charge on any atom is -0.359 e. The molecule has 20 heavy (non-hydrogen) atoms. The van der Waals surface area contributed by atoms with Crippen LogP contribution in [0.15, 0.2) is 24.3 Å². The van der Waals surface area contributed by atoms with E-state index in [4.69, 9.17) is 0 Å². The standard InChI is InChI=1S/C16H23N3O/c1-17-13-9-11-19(14-7-3-2-6-12(13)14)15-8-4-5-10-18-16(15)20/h2-3,6-7,13,15,17H,4-5,8-11H2,1H3,(H,18,20). The van der Waals surface area contributed by atoms with Gasteiger partial charge in [-0.3, -0.25) is 4.79 Å². The Morgan fingerprint density at radius 3 is 2.95 bits per heavy atom. The first-order chi connectivity index (χ1) is 9.81. The van der Waals surface area contributed by atoms with Crippen LogP contribution in [-0.2, 0) is 4.79 Å². The summed E-state index contributed by atoms with van der Waals surface area (Å²) in [5.41, 5.74) is 2.54. The number of nitrogens with one attached hydrogen (secondary N) is 2. The molecule has 2 aliphatic rings. The van der Waals surface area contributed by atoms with Crippen molar-refractivity contribution >= 4 is 11.6 Å². The Bertz CT molecular complexity index is 488. The SMILES string of the molecule is CNC1CCN(C2CCCCNC2=O)c2ccccc21. The number of hydrogen-bond donors (Lipinski definition) is 2. The van der Waals surface area contributed by atoms with Crippen molar-refractivity contribution in [3.8, 4) is 0 Å². The summed E-state index contributed by atoms with van der Waals surface area (Å²) in [4.78, 5) is 14.6. The number of carbonyl (C=O) groups is 1. The Morgan fingerprint density at radius 2 is 2.10 bits per heavy atom. The minimum atomic E-state index is -0.00328. The topological polar surface area (TPSA) is 44.4 Å². The van der Waals surface area contributed by atoms with Gasteiger partial charge in [-0.25, -0.2) is 0 Å². The molecule has 2 atom stereocenters. The van der Waals surface area contributed by atoms with Crippen molar-refractivity contribution in [2.24, 2.45) is 0 Å². The van der Waals surface area contributed by atoms with Gasteiger partial charge in [0, 0.05) is 24.8 Å². The monoisotopic (exact) mass is 273 g/mol. The predicted molar refractivity (Wildman–Crippen MR) is 80.9 cm³/mol. The van der Waals surface area contributed by atoms with E-state index in [1.54, 1.807) is 0 Å². The molecular formula is C16H23N3O. The van der Waals surface area contributed by atoms with Crippen LogP contribution in [0, 0.1) is 0 Å². The van der Waals surface area contributed by atoms with Gasteiger partial charge in [0.2, 0.25) is 5.91 Å². The average molecular weight is 273 g/mol. The normalized spacial score (nSPS) is 26.6. The molecule has 2 aliphatic heterocycles. The van der Waals surface area contributed by atoms with E-state index in [0.717, 1.165) is 38.8 Å². The van der Waals surface area contributed by atoms with Gasteiger partial charge in [-0.1, -0.05) is 18.2 Å². The van der Waals surface area contributed by atoms with Crippen LogP contribution in [0.3, 0.4) is 0 Å². The molecule has 108 valence electrons. The zero-order chi connectivity index (χ0) is 13.9. The number of benzene rings is 1. The molecule has 0 saturated carbocycles. The van der Waals surface area contributed by atoms with Crippen molar-refractivity contribution in [3.63, 3.8) is 0 Å². The van der Waals surface area contributed by atoms with E-state index in [9.17, 15) is 4.79 Å². The van der Waals surface area contributed by atoms with Crippen molar-refractivity contribution < 1.29 is 4.79 Å². The fraction of sp³-hybridized carbons (Fsp3) is 0.562. The van der Waals surface area contributed by atoms with E-state index >= 15 is 0 Å². The lowest BCUT2D eigenvalue weighted by atomic mass is 9.94. The number of para-hydroxylation sites is 1. The third-order valence-electron chi connectivity index (χ3n) is 4.51. The van der Waals surface area contributed by atoms with Crippen molar-refractivity contribution in [1.29, 1.82) is 0 Å². The molecule has 2 heterocycles.